The van der Waals surface area contributed by atoms with Crippen LogP contribution in [0.5, 0.6) is 0 Å². The van der Waals surface area contributed by atoms with Crippen molar-refractivity contribution in [2.45, 2.75) is 6.92 Å². The van der Waals surface area contributed by atoms with Gasteiger partial charge in [-0.05, 0) is 54.2 Å². The first-order chi connectivity index (χ1) is 12.3. The van der Waals surface area contributed by atoms with E-state index in [0.29, 0.717) is 5.69 Å². The normalized spacial score (nSPS) is 10.4. The fourth-order valence-corrected chi connectivity index (χ4v) is 3.59. The standard InChI is InChI=1S/C18H15Br2N3O2S/c1-12(24)22-23(16-5-3-2-4-6-16)18(26)21-17(25)8-7-13-9-14(19)11-15(20)10-13/h2-11H,1H3,(H,22,24)(H,21,25,26). The molecule has 8 heteroatoms. The third kappa shape index (κ3) is 6.36. The van der Waals surface area contributed by atoms with Gasteiger partial charge in [0.1, 0.15) is 0 Å². The Bertz CT molecular complexity index is 837. The van der Waals surface area contributed by atoms with E-state index in [1.807, 2.05) is 24.3 Å². The van der Waals surface area contributed by atoms with Crippen molar-refractivity contribution in [2.75, 3.05) is 5.01 Å². The van der Waals surface area contributed by atoms with E-state index in [9.17, 15) is 9.59 Å². The molecule has 0 saturated heterocycles. The molecule has 0 fully saturated rings. The van der Waals surface area contributed by atoms with Crippen LogP contribution < -0.4 is 15.8 Å². The van der Waals surface area contributed by atoms with Crippen molar-refractivity contribution in [3.05, 3.63) is 69.1 Å². The van der Waals surface area contributed by atoms with Crippen molar-refractivity contribution < 1.29 is 9.59 Å². The minimum absolute atomic E-state index is 0.0662. The maximum absolute atomic E-state index is 12.2. The lowest BCUT2D eigenvalue weighted by atomic mass is 10.2. The first-order valence-electron chi connectivity index (χ1n) is 7.46. The fourth-order valence-electron chi connectivity index (χ4n) is 2.01. The molecule has 2 aromatic carbocycles. The second-order valence-corrected chi connectivity index (χ2v) is 7.39. The third-order valence-corrected chi connectivity index (χ3v) is 4.23. The lowest BCUT2D eigenvalue weighted by Crippen LogP contribution is -2.51. The summed E-state index contributed by atoms with van der Waals surface area (Å²) in [6.45, 7) is 1.37. The molecule has 0 saturated carbocycles. The number of anilines is 1. The van der Waals surface area contributed by atoms with Gasteiger partial charge in [0.2, 0.25) is 11.8 Å². The van der Waals surface area contributed by atoms with Gasteiger partial charge < -0.3 is 0 Å². The molecule has 0 aliphatic rings. The van der Waals surface area contributed by atoms with Crippen LogP contribution in [0.15, 0.2) is 63.6 Å². The molecular weight excluding hydrogens is 482 g/mol. The van der Waals surface area contributed by atoms with Gasteiger partial charge >= 0.3 is 0 Å². The SMILES string of the molecule is CC(=O)NN(C(=S)NC(=O)C=Cc1cc(Br)cc(Br)c1)c1ccccc1. The molecule has 2 rings (SSSR count). The number of amides is 2. The minimum Gasteiger partial charge on any atom is -0.298 e. The van der Waals surface area contributed by atoms with E-state index in [-0.39, 0.29) is 11.0 Å². The molecule has 2 N–H and O–H groups in total. The zero-order valence-electron chi connectivity index (χ0n) is 13.7. The molecule has 26 heavy (non-hydrogen) atoms. The number of benzene rings is 2. The molecular formula is C18H15Br2N3O2S. The Hall–Kier alpha value is -2.03. The molecule has 0 atom stereocenters. The summed E-state index contributed by atoms with van der Waals surface area (Å²) < 4.78 is 1.78. The second kappa shape index (κ2) is 9.61. The number of nitrogens with zero attached hydrogens (tertiary/aromatic N) is 1. The molecule has 0 radical (unpaired) electrons. The molecule has 5 nitrogen and oxygen atoms in total. The zero-order chi connectivity index (χ0) is 19.1. The highest BCUT2D eigenvalue weighted by atomic mass is 79.9. The summed E-state index contributed by atoms with van der Waals surface area (Å²) in [6.07, 6.45) is 3.04. The maximum atomic E-state index is 12.2. The molecule has 2 amide bonds. The van der Waals surface area contributed by atoms with Gasteiger partial charge in [0.15, 0.2) is 5.11 Å². The summed E-state index contributed by atoms with van der Waals surface area (Å²) in [6, 6.07) is 14.6. The molecule has 0 aliphatic heterocycles. The van der Waals surface area contributed by atoms with Crippen molar-refractivity contribution in [1.82, 2.24) is 10.7 Å². The zero-order valence-corrected chi connectivity index (χ0v) is 17.7. The first-order valence-corrected chi connectivity index (χ1v) is 9.46. The summed E-state index contributed by atoms with van der Waals surface area (Å²) in [5.41, 5.74) is 4.07. The highest BCUT2D eigenvalue weighted by Gasteiger charge is 2.14. The summed E-state index contributed by atoms with van der Waals surface area (Å²) in [7, 11) is 0. The lowest BCUT2D eigenvalue weighted by molar-refractivity contribution is -0.119. The van der Waals surface area contributed by atoms with Crippen molar-refractivity contribution >= 4 is 72.8 Å². The largest absolute Gasteiger partial charge is 0.298 e. The Morgan fingerprint density at radius 2 is 1.69 bits per heavy atom. The van der Waals surface area contributed by atoms with Gasteiger partial charge in [0.05, 0.1) is 5.69 Å². The van der Waals surface area contributed by atoms with Gasteiger partial charge in [-0.2, -0.15) is 0 Å². The number of carbonyl (C=O) groups excluding carboxylic acids is 2. The monoisotopic (exact) mass is 495 g/mol. The van der Waals surface area contributed by atoms with Crippen LogP contribution in [0.3, 0.4) is 0 Å². The van der Waals surface area contributed by atoms with E-state index >= 15 is 0 Å². The van der Waals surface area contributed by atoms with Crippen LogP contribution in [-0.4, -0.2) is 16.9 Å². The number of halogens is 2. The number of rotatable bonds is 3. The Labute approximate surface area is 173 Å². The molecule has 0 spiro atoms. The van der Waals surface area contributed by atoms with Crippen LogP contribution >= 0.6 is 44.1 Å². The van der Waals surface area contributed by atoms with Crippen molar-refractivity contribution in [2.24, 2.45) is 0 Å². The quantitative estimate of drug-likeness (QED) is 0.380. The summed E-state index contributed by atoms with van der Waals surface area (Å²) >= 11 is 12.0. The number of hydrazine groups is 1. The van der Waals surface area contributed by atoms with Crippen LogP contribution in [0.25, 0.3) is 6.08 Å². The van der Waals surface area contributed by atoms with Gasteiger partial charge in [-0.3, -0.25) is 20.3 Å². The van der Waals surface area contributed by atoms with E-state index in [4.69, 9.17) is 12.2 Å². The second-order valence-electron chi connectivity index (χ2n) is 5.17. The Morgan fingerprint density at radius 3 is 2.27 bits per heavy atom. The van der Waals surface area contributed by atoms with E-state index < -0.39 is 5.91 Å². The summed E-state index contributed by atoms with van der Waals surface area (Å²) in [5, 5.41) is 3.99. The highest BCUT2D eigenvalue weighted by Crippen LogP contribution is 2.20. The molecule has 0 unspecified atom stereocenters. The van der Waals surface area contributed by atoms with E-state index in [2.05, 4.69) is 42.6 Å². The van der Waals surface area contributed by atoms with Crippen molar-refractivity contribution in [3.63, 3.8) is 0 Å². The molecule has 0 heterocycles. The summed E-state index contributed by atoms with van der Waals surface area (Å²) in [5.74, 6) is -0.711. The summed E-state index contributed by atoms with van der Waals surface area (Å²) in [4.78, 5) is 23.6. The average molecular weight is 497 g/mol. The van der Waals surface area contributed by atoms with Gasteiger partial charge in [0.25, 0.3) is 0 Å². The number of carbonyl (C=O) groups is 2. The van der Waals surface area contributed by atoms with Crippen LogP contribution in [0.2, 0.25) is 0 Å². The minimum atomic E-state index is -0.405. The van der Waals surface area contributed by atoms with Gasteiger partial charge in [0, 0.05) is 21.9 Å². The fraction of sp³-hybridized carbons (Fsp3) is 0.0556. The number of thiocarbonyl (C=S) groups is 1. The topological polar surface area (TPSA) is 61.4 Å². The molecule has 2 aromatic rings. The van der Waals surface area contributed by atoms with Crippen LogP contribution in [0.4, 0.5) is 5.69 Å². The van der Waals surface area contributed by atoms with E-state index in [1.165, 1.54) is 18.0 Å². The lowest BCUT2D eigenvalue weighted by Gasteiger charge is -2.24. The number of hydrogen-bond acceptors (Lipinski definition) is 3. The Kier molecular flexibility index (Phi) is 7.50. The van der Waals surface area contributed by atoms with Gasteiger partial charge in [-0.15, -0.1) is 0 Å². The smallest absolute Gasteiger partial charge is 0.250 e. The highest BCUT2D eigenvalue weighted by molar-refractivity contribution is 9.11. The van der Waals surface area contributed by atoms with Gasteiger partial charge in [-0.1, -0.05) is 50.1 Å². The predicted molar refractivity (Wildman–Crippen MR) is 114 cm³/mol. The first kappa shape index (κ1) is 20.3. The molecule has 134 valence electrons. The van der Waals surface area contributed by atoms with Crippen molar-refractivity contribution in [3.8, 4) is 0 Å². The number of hydrogen-bond donors (Lipinski definition) is 2. The van der Waals surface area contributed by atoms with Gasteiger partial charge in [-0.25, -0.2) is 5.01 Å². The maximum Gasteiger partial charge on any atom is 0.250 e. The Morgan fingerprint density at radius 1 is 1.08 bits per heavy atom. The van der Waals surface area contributed by atoms with Crippen molar-refractivity contribution in [1.29, 1.82) is 0 Å². The molecule has 0 aromatic heterocycles. The Balaban J connectivity index is 2.09. The third-order valence-electron chi connectivity index (χ3n) is 3.03. The van der Waals surface area contributed by atoms with Crippen LogP contribution in [0, 0.1) is 0 Å². The average Bonchev–Trinajstić information content (AvgIpc) is 2.57. The number of nitrogens with one attached hydrogen (secondary N) is 2. The van der Waals surface area contributed by atoms with Crippen LogP contribution in [-0.2, 0) is 9.59 Å². The molecule has 0 aliphatic carbocycles. The molecule has 0 bridgehead atoms. The predicted octanol–water partition coefficient (Wildman–Crippen LogP) is 4.18. The van der Waals surface area contributed by atoms with E-state index in [0.717, 1.165) is 14.5 Å². The van der Waals surface area contributed by atoms with Crippen LogP contribution in [0.1, 0.15) is 12.5 Å². The van der Waals surface area contributed by atoms with E-state index in [1.54, 1.807) is 30.3 Å². The number of para-hydroxylation sites is 1.